The summed E-state index contributed by atoms with van der Waals surface area (Å²) in [7, 11) is 0. The van der Waals surface area contributed by atoms with Gasteiger partial charge in [0.05, 0.1) is 0 Å². The molecule has 0 saturated heterocycles. The van der Waals surface area contributed by atoms with Gasteiger partial charge < -0.3 is 9.09 Å². The number of hydrogen-bond acceptors (Lipinski definition) is 4. The Kier molecular flexibility index (Phi) is 6.90. The molecule has 2 heterocycles. The van der Waals surface area contributed by atoms with E-state index in [1.54, 1.807) is 0 Å². The minimum atomic E-state index is -0.311. The maximum absolute atomic E-state index is 6.17. The molecular formula is C28H34ClN3OS. The first-order valence-corrected chi connectivity index (χ1v) is 13.0. The van der Waals surface area contributed by atoms with E-state index in [-0.39, 0.29) is 10.2 Å². The zero-order chi connectivity index (χ0) is 24.7. The molecule has 4 nitrogen and oxygen atoms in total. The van der Waals surface area contributed by atoms with E-state index < -0.39 is 0 Å². The molecule has 4 aromatic rings. The molecule has 0 aliphatic heterocycles. The van der Waals surface area contributed by atoms with Crippen LogP contribution in [0.5, 0.6) is 0 Å². The second kappa shape index (κ2) is 9.43. The van der Waals surface area contributed by atoms with Crippen LogP contribution in [0, 0.1) is 6.92 Å². The van der Waals surface area contributed by atoms with Crippen LogP contribution in [0.3, 0.4) is 0 Å². The molecule has 180 valence electrons. The van der Waals surface area contributed by atoms with E-state index in [9.17, 15) is 0 Å². The van der Waals surface area contributed by atoms with E-state index in [2.05, 4.69) is 86.6 Å². The zero-order valence-electron chi connectivity index (χ0n) is 21.2. The standard InChI is InChI=1S/C28H34ClN3OS/c1-8-24-30-26(33-31-24)28(6,7)16-23-25(34-27(3,4)5)21-15-18(2)9-14-22(21)32(23)17-19-10-12-20(29)13-11-19/h9-15H,8,16-17H2,1-7H3. The lowest BCUT2D eigenvalue weighted by molar-refractivity contribution is 0.300. The second-order valence-corrected chi connectivity index (χ2v) is 12.9. The molecular weight excluding hydrogens is 462 g/mol. The lowest BCUT2D eigenvalue weighted by atomic mass is 9.87. The van der Waals surface area contributed by atoms with Gasteiger partial charge in [-0.05, 0) is 36.8 Å². The Morgan fingerprint density at radius 3 is 2.35 bits per heavy atom. The fraction of sp³-hybridized carbons (Fsp3) is 0.429. The van der Waals surface area contributed by atoms with Gasteiger partial charge in [0.15, 0.2) is 5.82 Å². The number of rotatable bonds is 7. The average Bonchev–Trinajstić information content (AvgIpc) is 3.34. The summed E-state index contributed by atoms with van der Waals surface area (Å²) >= 11 is 8.11. The molecule has 0 unspecified atom stereocenters. The summed E-state index contributed by atoms with van der Waals surface area (Å²) in [6.45, 7) is 16.2. The van der Waals surface area contributed by atoms with E-state index in [1.807, 2.05) is 30.8 Å². The molecule has 6 heteroatoms. The normalized spacial score (nSPS) is 12.6. The molecule has 0 spiro atoms. The van der Waals surface area contributed by atoms with Crippen LogP contribution in [0.2, 0.25) is 5.02 Å². The molecule has 2 aromatic heterocycles. The molecule has 0 bridgehead atoms. The Balaban J connectivity index is 1.90. The Hall–Kier alpha value is -2.24. The molecule has 0 saturated carbocycles. The van der Waals surface area contributed by atoms with Crippen molar-refractivity contribution < 1.29 is 4.52 Å². The number of nitrogens with zero attached hydrogens (tertiary/aromatic N) is 3. The van der Waals surface area contributed by atoms with Crippen molar-refractivity contribution in [1.82, 2.24) is 14.7 Å². The third kappa shape index (κ3) is 5.36. The van der Waals surface area contributed by atoms with Gasteiger partial charge in [-0.2, -0.15) is 4.98 Å². The van der Waals surface area contributed by atoms with Gasteiger partial charge in [-0.1, -0.05) is 82.1 Å². The minimum Gasteiger partial charge on any atom is -0.339 e. The summed E-state index contributed by atoms with van der Waals surface area (Å²) in [5, 5.41) is 6.23. The molecule has 0 N–H and O–H groups in total. The Bertz CT molecular complexity index is 1300. The van der Waals surface area contributed by atoms with Crippen LogP contribution in [0.25, 0.3) is 10.9 Å². The highest BCUT2D eigenvalue weighted by Gasteiger charge is 2.33. The van der Waals surface area contributed by atoms with Crippen LogP contribution in [0.4, 0.5) is 0 Å². The fourth-order valence-electron chi connectivity index (χ4n) is 4.21. The Labute approximate surface area is 212 Å². The number of thioether (sulfide) groups is 1. The third-order valence-electron chi connectivity index (χ3n) is 5.91. The number of halogens is 1. The summed E-state index contributed by atoms with van der Waals surface area (Å²) < 4.78 is 8.24. The average molecular weight is 496 g/mol. The number of fused-ring (bicyclic) bond motifs is 1. The van der Waals surface area contributed by atoms with E-state index in [0.29, 0.717) is 5.89 Å². The monoisotopic (exact) mass is 495 g/mol. The van der Waals surface area contributed by atoms with Gasteiger partial charge in [-0.3, -0.25) is 0 Å². The van der Waals surface area contributed by atoms with Crippen LogP contribution in [0.1, 0.15) is 70.1 Å². The lowest BCUT2D eigenvalue weighted by Crippen LogP contribution is -2.24. The molecule has 0 radical (unpaired) electrons. The van der Waals surface area contributed by atoms with Crippen LogP contribution in [0.15, 0.2) is 51.9 Å². The topological polar surface area (TPSA) is 43.9 Å². The fourth-order valence-corrected chi connectivity index (χ4v) is 5.52. The van der Waals surface area contributed by atoms with Gasteiger partial charge in [-0.15, -0.1) is 11.8 Å². The van der Waals surface area contributed by atoms with Gasteiger partial charge in [0.1, 0.15) is 0 Å². The largest absolute Gasteiger partial charge is 0.339 e. The van der Waals surface area contributed by atoms with E-state index in [1.165, 1.54) is 32.6 Å². The Morgan fingerprint density at radius 1 is 1.03 bits per heavy atom. The maximum atomic E-state index is 6.17. The molecule has 34 heavy (non-hydrogen) atoms. The maximum Gasteiger partial charge on any atom is 0.232 e. The molecule has 2 aromatic carbocycles. The van der Waals surface area contributed by atoms with Gasteiger partial charge >= 0.3 is 0 Å². The predicted octanol–water partition coefficient (Wildman–Crippen LogP) is 8.01. The molecule has 4 rings (SSSR count). The van der Waals surface area contributed by atoms with Gasteiger partial charge in [-0.25, -0.2) is 0 Å². The van der Waals surface area contributed by atoms with Crippen LogP contribution < -0.4 is 0 Å². The second-order valence-electron chi connectivity index (χ2n) is 10.7. The summed E-state index contributed by atoms with van der Waals surface area (Å²) in [6, 6.07) is 14.9. The molecule has 0 amide bonds. The van der Waals surface area contributed by atoms with Crippen LogP contribution in [-0.4, -0.2) is 19.5 Å². The quantitative estimate of drug-likeness (QED) is 0.243. The lowest BCUT2D eigenvalue weighted by Gasteiger charge is -2.24. The van der Waals surface area contributed by atoms with Crippen molar-refractivity contribution in [3.8, 4) is 0 Å². The number of aromatic nitrogens is 3. The van der Waals surface area contributed by atoms with E-state index >= 15 is 0 Å². The number of aryl methyl sites for hydroxylation is 2. The first-order chi connectivity index (χ1) is 16.0. The van der Waals surface area contributed by atoms with Crippen molar-refractivity contribution in [3.63, 3.8) is 0 Å². The van der Waals surface area contributed by atoms with Crippen molar-refractivity contribution in [3.05, 3.63) is 76.0 Å². The number of hydrogen-bond donors (Lipinski definition) is 0. The van der Waals surface area contributed by atoms with Crippen molar-refractivity contribution >= 4 is 34.3 Å². The van der Waals surface area contributed by atoms with Crippen LogP contribution in [-0.2, 0) is 24.8 Å². The molecule has 0 aliphatic rings. The van der Waals surface area contributed by atoms with Gasteiger partial charge in [0.2, 0.25) is 5.89 Å². The zero-order valence-corrected chi connectivity index (χ0v) is 22.8. The summed E-state index contributed by atoms with van der Waals surface area (Å²) in [5.74, 6) is 1.44. The minimum absolute atomic E-state index is 0.0713. The first kappa shape index (κ1) is 24.9. The smallest absolute Gasteiger partial charge is 0.232 e. The summed E-state index contributed by atoms with van der Waals surface area (Å²) in [4.78, 5) is 6.02. The van der Waals surface area contributed by atoms with Crippen molar-refractivity contribution in [2.24, 2.45) is 0 Å². The highest BCUT2D eigenvalue weighted by molar-refractivity contribution is 8.00. The van der Waals surface area contributed by atoms with E-state index in [0.717, 1.165) is 30.2 Å². The third-order valence-corrected chi connectivity index (χ3v) is 7.43. The van der Waals surface area contributed by atoms with Crippen molar-refractivity contribution in [1.29, 1.82) is 0 Å². The SMILES string of the molecule is CCc1noc(C(C)(C)Cc2c(SC(C)(C)C)c3cc(C)ccc3n2Cc2ccc(Cl)cc2)n1. The predicted molar refractivity (Wildman–Crippen MR) is 143 cm³/mol. The summed E-state index contributed by atoms with van der Waals surface area (Å²) in [6.07, 6.45) is 1.55. The molecule has 0 aliphatic carbocycles. The van der Waals surface area contributed by atoms with Crippen molar-refractivity contribution in [2.75, 3.05) is 0 Å². The van der Waals surface area contributed by atoms with E-state index in [4.69, 9.17) is 16.1 Å². The van der Waals surface area contributed by atoms with Crippen LogP contribution >= 0.6 is 23.4 Å². The highest BCUT2D eigenvalue weighted by atomic mass is 35.5. The van der Waals surface area contributed by atoms with Crippen molar-refractivity contribution in [2.45, 2.75) is 82.9 Å². The van der Waals surface area contributed by atoms with Gasteiger partial charge in [0.25, 0.3) is 0 Å². The Morgan fingerprint density at radius 2 is 1.74 bits per heavy atom. The molecule has 0 atom stereocenters. The number of benzene rings is 2. The highest BCUT2D eigenvalue weighted by Crippen LogP contribution is 2.43. The summed E-state index contributed by atoms with van der Waals surface area (Å²) in [5.41, 5.74) is 4.73. The van der Waals surface area contributed by atoms with Gasteiger partial charge in [0, 0.05) is 56.1 Å². The first-order valence-electron chi connectivity index (χ1n) is 11.8. The molecule has 0 fully saturated rings.